The molecule has 0 saturated carbocycles. The topological polar surface area (TPSA) is 64.6 Å². The number of carbonyl (C=O) groups excluding carboxylic acids is 2. The van der Waals surface area contributed by atoms with Gasteiger partial charge in [0.25, 0.3) is 0 Å². The Kier molecular flexibility index (Phi) is 11.1. The lowest BCUT2D eigenvalue weighted by Gasteiger charge is -2.14. The molecule has 0 saturated heterocycles. The monoisotopic (exact) mass is 399 g/mol. The van der Waals surface area contributed by atoms with Gasteiger partial charge in [-0.1, -0.05) is 27.7 Å². The quantitative estimate of drug-likeness (QED) is 0.348. The summed E-state index contributed by atoms with van der Waals surface area (Å²) < 4.78 is 13.0. The summed E-state index contributed by atoms with van der Waals surface area (Å²) in [7, 11) is 0. The molecule has 118 valence electrons. The molecule has 0 amide bonds. The van der Waals surface area contributed by atoms with Crippen LogP contribution in [0.15, 0.2) is 0 Å². The average Bonchev–Trinajstić information content (AvgIpc) is 2.34. The van der Waals surface area contributed by atoms with E-state index in [1.807, 2.05) is 22.9 Å². The zero-order valence-electron chi connectivity index (χ0n) is 12.8. The van der Waals surface area contributed by atoms with Crippen molar-refractivity contribution in [1.82, 2.24) is 3.53 Å². The minimum absolute atomic E-state index is 0.00153. The zero-order chi connectivity index (χ0) is 15.5. The maximum Gasteiger partial charge on any atom is 0.324 e. The van der Waals surface area contributed by atoms with Crippen molar-refractivity contribution in [2.24, 2.45) is 11.8 Å². The van der Waals surface area contributed by atoms with Crippen LogP contribution in [0.5, 0.6) is 0 Å². The summed E-state index contributed by atoms with van der Waals surface area (Å²) in [4.78, 5) is 23.4. The lowest BCUT2D eigenvalue weighted by Crippen LogP contribution is -2.35. The number of rotatable bonds is 10. The highest BCUT2D eigenvalue weighted by Gasteiger charge is 2.23. The zero-order valence-corrected chi connectivity index (χ0v) is 14.9. The molecule has 0 bridgehead atoms. The standard InChI is InChI=1S/C14H26INO4/c1-10(2)5-7-19-13(17)9-12(16-15)14(18)20-8-6-11(3)4/h10-12,16H,5-9H2,1-4H3/t12-/m0/s1. The molecule has 0 radical (unpaired) electrons. The molecule has 6 heteroatoms. The van der Waals surface area contributed by atoms with E-state index in [0.29, 0.717) is 25.0 Å². The smallest absolute Gasteiger partial charge is 0.324 e. The first-order valence-corrected chi connectivity index (χ1v) is 8.13. The average molecular weight is 399 g/mol. The van der Waals surface area contributed by atoms with E-state index in [-0.39, 0.29) is 12.4 Å². The third-order valence-corrected chi connectivity index (χ3v) is 3.44. The van der Waals surface area contributed by atoms with Crippen LogP contribution in [0.2, 0.25) is 0 Å². The largest absolute Gasteiger partial charge is 0.466 e. The summed E-state index contributed by atoms with van der Waals surface area (Å²) in [6.45, 7) is 9.03. The number of carbonyl (C=O) groups is 2. The van der Waals surface area contributed by atoms with Gasteiger partial charge in [-0.3, -0.25) is 9.59 Å². The van der Waals surface area contributed by atoms with E-state index in [9.17, 15) is 9.59 Å². The van der Waals surface area contributed by atoms with E-state index in [1.54, 1.807) is 0 Å². The second-order valence-electron chi connectivity index (χ2n) is 5.62. The van der Waals surface area contributed by atoms with Crippen molar-refractivity contribution in [1.29, 1.82) is 0 Å². The maximum atomic E-state index is 11.8. The molecule has 1 atom stereocenters. The van der Waals surface area contributed by atoms with Gasteiger partial charge in [-0.2, -0.15) is 0 Å². The molecule has 1 N–H and O–H groups in total. The molecule has 0 unspecified atom stereocenters. The Hall–Kier alpha value is -0.370. The van der Waals surface area contributed by atoms with Crippen molar-refractivity contribution < 1.29 is 19.1 Å². The molecular formula is C14H26INO4. The highest BCUT2D eigenvalue weighted by Crippen LogP contribution is 2.05. The maximum absolute atomic E-state index is 11.8. The van der Waals surface area contributed by atoms with Gasteiger partial charge < -0.3 is 9.47 Å². The second-order valence-corrected chi connectivity index (χ2v) is 6.24. The molecule has 0 aromatic heterocycles. The highest BCUT2D eigenvalue weighted by molar-refractivity contribution is 14.1. The molecule has 5 nitrogen and oxygen atoms in total. The van der Waals surface area contributed by atoms with Crippen LogP contribution in [0.3, 0.4) is 0 Å². The summed E-state index contributed by atoms with van der Waals surface area (Å²) in [6.07, 6.45) is 1.65. The van der Waals surface area contributed by atoms with E-state index in [1.165, 1.54) is 0 Å². The number of halogens is 1. The number of hydrogen-bond donors (Lipinski definition) is 1. The Morgan fingerprint density at radius 3 is 1.95 bits per heavy atom. The lowest BCUT2D eigenvalue weighted by atomic mass is 10.1. The molecule has 0 aromatic rings. The van der Waals surface area contributed by atoms with Crippen LogP contribution < -0.4 is 3.53 Å². The summed E-state index contributed by atoms with van der Waals surface area (Å²) >= 11 is 1.85. The van der Waals surface area contributed by atoms with Crippen LogP contribution >= 0.6 is 22.9 Å². The molecule has 0 aliphatic heterocycles. The van der Waals surface area contributed by atoms with Crippen molar-refractivity contribution in [3.8, 4) is 0 Å². The Morgan fingerprint density at radius 1 is 1.00 bits per heavy atom. The van der Waals surface area contributed by atoms with Crippen LogP contribution in [0, 0.1) is 11.8 Å². The lowest BCUT2D eigenvalue weighted by molar-refractivity contribution is -0.152. The van der Waals surface area contributed by atoms with E-state index in [2.05, 4.69) is 31.2 Å². The first-order chi connectivity index (χ1) is 9.36. The molecule has 0 rings (SSSR count). The van der Waals surface area contributed by atoms with E-state index < -0.39 is 12.0 Å². The van der Waals surface area contributed by atoms with Crippen molar-refractivity contribution in [3.05, 3.63) is 0 Å². The fraction of sp³-hybridized carbons (Fsp3) is 0.857. The molecule has 20 heavy (non-hydrogen) atoms. The predicted octanol–water partition coefficient (Wildman–Crippen LogP) is 2.86. The number of esters is 2. The Labute approximate surface area is 135 Å². The second kappa shape index (κ2) is 11.3. The van der Waals surface area contributed by atoms with E-state index >= 15 is 0 Å². The summed E-state index contributed by atoms with van der Waals surface area (Å²) in [5.74, 6) is 0.193. The van der Waals surface area contributed by atoms with Crippen molar-refractivity contribution in [3.63, 3.8) is 0 Å². The van der Waals surface area contributed by atoms with Gasteiger partial charge in [0.2, 0.25) is 0 Å². The van der Waals surface area contributed by atoms with Crippen molar-refractivity contribution in [2.75, 3.05) is 13.2 Å². The van der Waals surface area contributed by atoms with Crippen LogP contribution in [0.25, 0.3) is 0 Å². The number of nitrogens with one attached hydrogen (secondary N) is 1. The van der Waals surface area contributed by atoms with Gasteiger partial charge in [0.1, 0.15) is 6.04 Å². The molecule has 0 aliphatic rings. The molecule has 0 heterocycles. The third kappa shape index (κ3) is 10.4. The summed E-state index contributed by atoms with van der Waals surface area (Å²) in [6, 6.07) is -0.644. The number of hydrogen-bond acceptors (Lipinski definition) is 5. The molecule has 0 fully saturated rings. The van der Waals surface area contributed by atoms with Crippen LogP contribution in [-0.4, -0.2) is 31.2 Å². The predicted molar refractivity (Wildman–Crippen MR) is 86.4 cm³/mol. The van der Waals surface area contributed by atoms with E-state index in [4.69, 9.17) is 9.47 Å². The molecule has 0 spiro atoms. The van der Waals surface area contributed by atoms with Crippen LogP contribution in [0.1, 0.15) is 47.0 Å². The van der Waals surface area contributed by atoms with Crippen LogP contribution in [0.4, 0.5) is 0 Å². The Balaban J connectivity index is 3.99. The first kappa shape index (κ1) is 19.6. The summed E-state index contributed by atoms with van der Waals surface area (Å²) in [5, 5.41) is 0. The van der Waals surface area contributed by atoms with Gasteiger partial charge in [0, 0.05) is 22.9 Å². The molecule has 0 aromatic carbocycles. The Morgan fingerprint density at radius 2 is 1.50 bits per heavy atom. The Bertz CT molecular complexity index is 295. The fourth-order valence-electron chi connectivity index (χ4n) is 1.30. The minimum atomic E-state index is -0.644. The number of ether oxygens (including phenoxy) is 2. The van der Waals surface area contributed by atoms with Crippen LogP contribution in [-0.2, 0) is 19.1 Å². The van der Waals surface area contributed by atoms with Gasteiger partial charge in [0.15, 0.2) is 0 Å². The molecular weight excluding hydrogens is 373 g/mol. The minimum Gasteiger partial charge on any atom is -0.466 e. The normalized spacial score (nSPS) is 12.6. The van der Waals surface area contributed by atoms with Gasteiger partial charge in [-0.05, 0) is 24.7 Å². The van der Waals surface area contributed by atoms with Gasteiger partial charge in [0.05, 0.1) is 19.6 Å². The fourth-order valence-corrected chi connectivity index (χ4v) is 1.77. The summed E-state index contributed by atoms with van der Waals surface area (Å²) in [5.41, 5.74) is 0. The first-order valence-electron chi connectivity index (χ1n) is 7.05. The van der Waals surface area contributed by atoms with Crippen molar-refractivity contribution in [2.45, 2.75) is 53.0 Å². The SMILES string of the molecule is CC(C)CCOC(=O)C[C@H](NI)C(=O)OCCC(C)C. The third-order valence-electron chi connectivity index (χ3n) is 2.68. The van der Waals surface area contributed by atoms with Gasteiger partial charge in [-0.25, -0.2) is 3.53 Å². The van der Waals surface area contributed by atoms with Gasteiger partial charge >= 0.3 is 11.9 Å². The highest BCUT2D eigenvalue weighted by atomic mass is 127. The van der Waals surface area contributed by atoms with E-state index in [0.717, 1.165) is 12.8 Å². The molecule has 0 aliphatic carbocycles. The van der Waals surface area contributed by atoms with Gasteiger partial charge in [-0.15, -0.1) is 0 Å². The van der Waals surface area contributed by atoms with Crippen molar-refractivity contribution >= 4 is 34.8 Å².